The second kappa shape index (κ2) is 6.80. The lowest BCUT2D eigenvalue weighted by molar-refractivity contribution is 0.154. The van der Waals surface area contributed by atoms with Crippen LogP contribution in [0.1, 0.15) is 50.3 Å². The summed E-state index contributed by atoms with van der Waals surface area (Å²) in [6.45, 7) is 11.3. The van der Waals surface area contributed by atoms with E-state index in [0.717, 1.165) is 26.2 Å². The molecule has 1 aromatic carbocycles. The molecule has 0 saturated carbocycles. The lowest BCUT2D eigenvalue weighted by atomic mass is 9.93. The first kappa shape index (κ1) is 14.9. The number of hydrogen-bond donors (Lipinski definition) is 1. The summed E-state index contributed by atoms with van der Waals surface area (Å²) >= 11 is 0. The van der Waals surface area contributed by atoms with E-state index < -0.39 is 0 Å². The molecule has 1 N–H and O–H groups in total. The van der Waals surface area contributed by atoms with E-state index in [2.05, 4.69) is 47.2 Å². The fraction of sp³-hybridized carbons (Fsp3) is 0.667. The summed E-state index contributed by atoms with van der Waals surface area (Å²) in [5.41, 5.74) is 4.44. The third-order valence-corrected chi connectivity index (χ3v) is 5.10. The number of likely N-dealkylation sites (tertiary alicyclic amines) is 1. The standard InChI is InChI=1S/C18H29N3/c1-3-20(4-2)16-8-9-17-15(12-16)13-19-14-18(17)21-10-6-5-7-11-21/h8-9,12,18-19H,3-7,10-11,13-14H2,1-2H3/t18-/m0/s1. The largest absolute Gasteiger partial charge is 0.372 e. The summed E-state index contributed by atoms with van der Waals surface area (Å²) in [5.74, 6) is 0. The third-order valence-electron chi connectivity index (χ3n) is 5.10. The minimum absolute atomic E-state index is 0.583. The van der Waals surface area contributed by atoms with Crippen LogP contribution in [-0.4, -0.2) is 37.6 Å². The Kier molecular flexibility index (Phi) is 4.81. The average Bonchev–Trinajstić information content (AvgIpc) is 2.56. The van der Waals surface area contributed by atoms with Crippen LogP contribution in [0.5, 0.6) is 0 Å². The van der Waals surface area contributed by atoms with Gasteiger partial charge in [0.05, 0.1) is 0 Å². The van der Waals surface area contributed by atoms with Gasteiger partial charge in [0.15, 0.2) is 0 Å². The molecule has 1 fully saturated rings. The van der Waals surface area contributed by atoms with E-state index in [0.29, 0.717) is 6.04 Å². The highest BCUT2D eigenvalue weighted by atomic mass is 15.2. The van der Waals surface area contributed by atoms with Crippen molar-refractivity contribution in [3.63, 3.8) is 0 Å². The Balaban J connectivity index is 1.84. The lowest BCUT2D eigenvalue weighted by Gasteiger charge is -2.38. The monoisotopic (exact) mass is 287 g/mol. The van der Waals surface area contributed by atoms with E-state index in [1.54, 1.807) is 5.56 Å². The van der Waals surface area contributed by atoms with Crippen LogP contribution in [0, 0.1) is 0 Å². The zero-order chi connectivity index (χ0) is 14.7. The van der Waals surface area contributed by atoms with Crippen molar-refractivity contribution in [2.24, 2.45) is 0 Å². The van der Waals surface area contributed by atoms with E-state index in [4.69, 9.17) is 0 Å². The highest BCUT2D eigenvalue weighted by Gasteiger charge is 2.27. The lowest BCUT2D eigenvalue weighted by Crippen LogP contribution is -2.42. The van der Waals surface area contributed by atoms with Gasteiger partial charge in [-0.1, -0.05) is 12.5 Å². The highest BCUT2D eigenvalue weighted by Crippen LogP contribution is 2.32. The molecule has 0 aliphatic carbocycles. The van der Waals surface area contributed by atoms with Crippen molar-refractivity contribution < 1.29 is 0 Å². The van der Waals surface area contributed by atoms with Gasteiger partial charge in [-0.15, -0.1) is 0 Å². The van der Waals surface area contributed by atoms with Gasteiger partial charge >= 0.3 is 0 Å². The molecule has 0 bridgehead atoms. The van der Waals surface area contributed by atoms with E-state index >= 15 is 0 Å². The molecule has 0 amide bonds. The quantitative estimate of drug-likeness (QED) is 0.917. The number of nitrogens with one attached hydrogen (secondary N) is 1. The SMILES string of the molecule is CCN(CC)c1ccc2c(c1)CNC[C@@H]2N1CCCCC1. The van der Waals surface area contributed by atoms with Crippen molar-refractivity contribution in [3.05, 3.63) is 29.3 Å². The minimum atomic E-state index is 0.583. The molecule has 3 rings (SSSR count). The average molecular weight is 287 g/mol. The molecule has 3 nitrogen and oxygen atoms in total. The molecule has 21 heavy (non-hydrogen) atoms. The predicted octanol–water partition coefficient (Wildman–Crippen LogP) is 3.16. The van der Waals surface area contributed by atoms with Crippen LogP contribution < -0.4 is 10.2 Å². The van der Waals surface area contributed by atoms with Crippen LogP contribution in [0.4, 0.5) is 5.69 Å². The van der Waals surface area contributed by atoms with Crippen molar-refractivity contribution in [3.8, 4) is 0 Å². The number of nitrogens with zero attached hydrogens (tertiary/aromatic N) is 2. The molecular weight excluding hydrogens is 258 g/mol. The molecule has 3 heteroatoms. The molecule has 0 radical (unpaired) electrons. The summed E-state index contributed by atoms with van der Waals surface area (Å²) in [6.07, 6.45) is 4.14. The Hall–Kier alpha value is -1.06. The van der Waals surface area contributed by atoms with Crippen LogP contribution in [-0.2, 0) is 6.54 Å². The van der Waals surface area contributed by atoms with Gasteiger partial charge in [-0.05, 0) is 63.0 Å². The Morgan fingerprint density at radius 3 is 2.62 bits per heavy atom. The van der Waals surface area contributed by atoms with E-state index in [9.17, 15) is 0 Å². The normalized spacial score (nSPS) is 22.9. The van der Waals surface area contributed by atoms with Gasteiger partial charge in [-0.2, -0.15) is 0 Å². The topological polar surface area (TPSA) is 18.5 Å². The maximum Gasteiger partial charge on any atom is 0.0476 e. The number of fused-ring (bicyclic) bond motifs is 1. The second-order valence-electron chi connectivity index (χ2n) is 6.30. The molecule has 1 atom stereocenters. The Labute approximate surface area is 129 Å². The van der Waals surface area contributed by atoms with Crippen LogP contribution in [0.25, 0.3) is 0 Å². The van der Waals surface area contributed by atoms with Crippen molar-refractivity contribution in [2.45, 2.75) is 45.7 Å². The summed E-state index contributed by atoms with van der Waals surface area (Å²) < 4.78 is 0. The number of piperidine rings is 1. The summed E-state index contributed by atoms with van der Waals surface area (Å²) in [7, 11) is 0. The fourth-order valence-electron chi connectivity index (χ4n) is 3.87. The smallest absolute Gasteiger partial charge is 0.0476 e. The first-order chi connectivity index (χ1) is 10.3. The van der Waals surface area contributed by atoms with Crippen LogP contribution >= 0.6 is 0 Å². The van der Waals surface area contributed by atoms with Crippen molar-refractivity contribution in [2.75, 3.05) is 37.6 Å². The molecule has 0 spiro atoms. The number of benzene rings is 1. The molecule has 0 unspecified atom stereocenters. The van der Waals surface area contributed by atoms with Gasteiger partial charge < -0.3 is 10.2 Å². The van der Waals surface area contributed by atoms with E-state index in [1.807, 2.05) is 0 Å². The Bertz CT molecular complexity index is 462. The summed E-state index contributed by atoms with van der Waals surface area (Å²) in [6, 6.07) is 7.71. The van der Waals surface area contributed by atoms with Gasteiger partial charge in [0.1, 0.15) is 0 Å². The van der Waals surface area contributed by atoms with Crippen LogP contribution in [0.3, 0.4) is 0 Å². The van der Waals surface area contributed by atoms with Gasteiger partial charge in [0, 0.05) is 37.9 Å². The summed E-state index contributed by atoms with van der Waals surface area (Å²) in [4.78, 5) is 5.12. The summed E-state index contributed by atoms with van der Waals surface area (Å²) in [5, 5.41) is 3.63. The molecule has 1 saturated heterocycles. The first-order valence-corrected chi connectivity index (χ1v) is 8.66. The van der Waals surface area contributed by atoms with Crippen molar-refractivity contribution in [1.82, 2.24) is 10.2 Å². The van der Waals surface area contributed by atoms with Crippen LogP contribution in [0.2, 0.25) is 0 Å². The number of rotatable bonds is 4. The zero-order valence-electron chi connectivity index (χ0n) is 13.6. The third kappa shape index (κ3) is 3.09. The minimum Gasteiger partial charge on any atom is -0.372 e. The number of anilines is 1. The second-order valence-corrected chi connectivity index (χ2v) is 6.30. The molecule has 2 heterocycles. The Morgan fingerprint density at radius 1 is 1.14 bits per heavy atom. The van der Waals surface area contributed by atoms with Crippen molar-refractivity contribution in [1.29, 1.82) is 0 Å². The van der Waals surface area contributed by atoms with Gasteiger partial charge in [0.25, 0.3) is 0 Å². The van der Waals surface area contributed by atoms with E-state index in [1.165, 1.54) is 43.6 Å². The highest BCUT2D eigenvalue weighted by molar-refractivity contribution is 5.52. The zero-order valence-corrected chi connectivity index (χ0v) is 13.6. The maximum absolute atomic E-state index is 3.63. The van der Waals surface area contributed by atoms with E-state index in [-0.39, 0.29) is 0 Å². The maximum atomic E-state index is 3.63. The van der Waals surface area contributed by atoms with Crippen molar-refractivity contribution >= 4 is 5.69 Å². The van der Waals surface area contributed by atoms with Gasteiger partial charge in [0.2, 0.25) is 0 Å². The predicted molar refractivity (Wildman–Crippen MR) is 89.9 cm³/mol. The molecule has 1 aromatic rings. The fourth-order valence-corrected chi connectivity index (χ4v) is 3.87. The van der Waals surface area contributed by atoms with Crippen LogP contribution in [0.15, 0.2) is 18.2 Å². The molecule has 2 aliphatic heterocycles. The van der Waals surface area contributed by atoms with Gasteiger partial charge in [-0.3, -0.25) is 4.90 Å². The Morgan fingerprint density at radius 2 is 1.90 bits per heavy atom. The molecule has 0 aromatic heterocycles. The number of hydrogen-bond acceptors (Lipinski definition) is 3. The first-order valence-electron chi connectivity index (χ1n) is 8.66. The molecule has 2 aliphatic rings. The molecule has 116 valence electrons. The molecular formula is C18H29N3. The van der Waals surface area contributed by atoms with Gasteiger partial charge in [-0.25, -0.2) is 0 Å².